The van der Waals surface area contributed by atoms with E-state index in [9.17, 15) is 22.8 Å². The zero-order valence-corrected chi connectivity index (χ0v) is 16.0. The highest BCUT2D eigenvalue weighted by Crippen LogP contribution is 2.63. The maximum Gasteiger partial charge on any atom is 0.404 e. The van der Waals surface area contributed by atoms with Crippen molar-refractivity contribution in [3.8, 4) is 0 Å². The van der Waals surface area contributed by atoms with Crippen LogP contribution in [0.4, 0.5) is 13.2 Å². The maximum absolute atomic E-state index is 12.9. The fourth-order valence-corrected chi connectivity index (χ4v) is 5.59. The van der Waals surface area contributed by atoms with Crippen LogP contribution in [0, 0.1) is 23.2 Å². The third-order valence-electron chi connectivity index (χ3n) is 6.88. The van der Waals surface area contributed by atoms with Crippen LogP contribution >= 0.6 is 0 Å². The first-order valence-electron chi connectivity index (χ1n) is 9.71. The summed E-state index contributed by atoms with van der Waals surface area (Å²) in [6.45, 7) is 1.75. The van der Waals surface area contributed by atoms with Crippen molar-refractivity contribution in [2.75, 3.05) is 19.8 Å². The van der Waals surface area contributed by atoms with Gasteiger partial charge in [0.05, 0.1) is 13.2 Å². The van der Waals surface area contributed by atoms with Gasteiger partial charge in [-0.3, -0.25) is 4.79 Å². The molecule has 1 saturated heterocycles. The zero-order chi connectivity index (χ0) is 20.4. The third kappa shape index (κ3) is 3.01. The molecule has 4 saturated carbocycles. The van der Waals surface area contributed by atoms with E-state index < -0.39 is 41.5 Å². The van der Waals surface area contributed by atoms with Crippen molar-refractivity contribution in [1.29, 1.82) is 0 Å². The first-order chi connectivity index (χ1) is 13.0. The second-order valence-corrected chi connectivity index (χ2v) is 9.12. The monoisotopic (exact) mass is 406 g/mol. The molecule has 4 aliphatic carbocycles. The molecule has 2 unspecified atom stereocenters. The molecular formula is C19H25F3O6. The van der Waals surface area contributed by atoms with Crippen LogP contribution in [0.15, 0.2) is 0 Å². The number of rotatable bonds is 4. The van der Waals surface area contributed by atoms with Gasteiger partial charge in [-0.25, -0.2) is 4.79 Å². The predicted molar refractivity (Wildman–Crippen MR) is 87.8 cm³/mol. The molecule has 0 aromatic carbocycles. The van der Waals surface area contributed by atoms with E-state index in [0.717, 1.165) is 33.1 Å². The smallest absolute Gasteiger partial charge is 0.404 e. The van der Waals surface area contributed by atoms with Crippen LogP contribution in [0.5, 0.6) is 0 Å². The van der Waals surface area contributed by atoms with Gasteiger partial charge in [0.15, 0.2) is 17.8 Å². The molecule has 9 heteroatoms. The minimum absolute atomic E-state index is 0.140. The van der Waals surface area contributed by atoms with Crippen LogP contribution in [0.1, 0.15) is 46.0 Å². The molecule has 5 rings (SSSR count). The molecular weight excluding hydrogens is 381 g/mol. The molecule has 1 spiro atoms. The average molecular weight is 406 g/mol. The number of esters is 2. The summed E-state index contributed by atoms with van der Waals surface area (Å²) in [6, 6.07) is 0. The largest absolute Gasteiger partial charge is 0.457 e. The summed E-state index contributed by atoms with van der Waals surface area (Å²) in [4.78, 5) is 24.0. The summed E-state index contributed by atoms with van der Waals surface area (Å²) in [5.41, 5.74) is -3.35. The van der Waals surface area contributed by atoms with E-state index in [0.29, 0.717) is 32.0 Å². The Hall–Kier alpha value is -1.35. The van der Waals surface area contributed by atoms with Gasteiger partial charge in [-0.05, 0) is 51.9 Å². The lowest BCUT2D eigenvalue weighted by Crippen LogP contribution is -2.65. The number of ether oxygens (including phenoxy) is 4. The highest BCUT2D eigenvalue weighted by molar-refractivity contribution is 5.80. The van der Waals surface area contributed by atoms with E-state index in [1.807, 2.05) is 0 Å². The maximum atomic E-state index is 12.9. The van der Waals surface area contributed by atoms with Gasteiger partial charge in [-0.15, -0.1) is 0 Å². The van der Waals surface area contributed by atoms with E-state index >= 15 is 0 Å². The second-order valence-electron chi connectivity index (χ2n) is 9.12. The number of hydrogen-bond donors (Lipinski definition) is 0. The molecule has 0 amide bonds. The topological polar surface area (TPSA) is 71.1 Å². The Labute approximate surface area is 161 Å². The van der Waals surface area contributed by atoms with Crippen molar-refractivity contribution in [2.24, 2.45) is 23.2 Å². The van der Waals surface area contributed by atoms with E-state index in [4.69, 9.17) is 14.2 Å². The van der Waals surface area contributed by atoms with Crippen LogP contribution in [0.2, 0.25) is 0 Å². The van der Waals surface area contributed by atoms with Gasteiger partial charge in [0.25, 0.3) is 0 Å². The molecule has 4 bridgehead atoms. The number of carbonyl (C=O) groups is 2. The quantitative estimate of drug-likeness (QED) is 0.669. The molecule has 28 heavy (non-hydrogen) atoms. The predicted octanol–water partition coefficient (Wildman–Crippen LogP) is 2.98. The molecule has 158 valence electrons. The van der Waals surface area contributed by atoms with Crippen LogP contribution in [-0.4, -0.2) is 49.3 Å². The fourth-order valence-electron chi connectivity index (χ4n) is 5.59. The van der Waals surface area contributed by atoms with E-state index in [2.05, 4.69) is 4.74 Å². The summed E-state index contributed by atoms with van der Waals surface area (Å²) >= 11 is 0. The first-order valence-corrected chi connectivity index (χ1v) is 9.71. The van der Waals surface area contributed by atoms with Gasteiger partial charge in [-0.1, -0.05) is 0 Å². The molecule has 0 N–H and O–H groups in total. The number of hydrogen-bond acceptors (Lipinski definition) is 6. The molecule has 1 heterocycles. The SMILES string of the molecule is CC(C)(C(=O)OCC(=O)OC12CC3CC(C1)C1(OCCO1)C(C3)C2)C(F)(F)F. The Morgan fingerprint density at radius 2 is 1.61 bits per heavy atom. The molecule has 5 fully saturated rings. The van der Waals surface area contributed by atoms with Crippen molar-refractivity contribution in [2.45, 2.75) is 63.5 Å². The minimum Gasteiger partial charge on any atom is -0.457 e. The van der Waals surface area contributed by atoms with E-state index in [1.165, 1.54) is 0 Å². The fraction of sp³-hybridized carbons (Fsp3) is 0.895. The van der Waals surface area contributed by atoms with Crippen LogP contribution < -0.4 is 0 Å². The van der Waals surface area contributed by atoms with Crippen molar-refractivity contribution in [3.05, 3.63) is 0 Å². The molecule has 0 aromatic rings. The lowest BCUT2D eigenvalue weighted by Gasteiger charge is -2.61. The lowest BCUT2D eigenvalue weighted by atomic mass is 9.51. The summed E-state index contributed by atoms with van der Waals surface area (Å²) in [7, 11) is 0. The van der Waals surface area contributed by atoms with Gasteiger partial charge in [-0.2, -0.15) is 13.2 Å². The van der Waals surface area contributed by atoms with Crippen molar-refractivity contribution >= 4 is 11.9 Å². The van der Waals surface area contributed by atoms with Crippen molar-refractivity contribution in [3.63, 3.8) is 0 Å². The van der Waals surface area contributed by atoms with Crippen LogP contribution in [0.3, 0.4) is 0 Å². The third-order valence-corrected chi connectivity index (χ3v) is 6.88. The number of halogens is 3. The van der Waals surface area contributed by atoms with E-state index in [1.54, 1.807) is 0 Å². The number of carbonyl (C=O) groups excluding carboxylic acids is 2. The van der Waals surface area contributed by atoms with Gasteiger partial charge in [0, 0.05) is 11.8 Å². The van der Waals surface area contributed by atoms with E-state index in [-0.39, 0.29) is 11.8 Å². The normalized spacial score (nSPS) is 36.0. The molecule has 5 aliphatic rings. The average Bonchev–Trinajstić information content (AvgIpc) is 3.06. The Morgan fingerprint density at radius 3 is 2.14 bits per heavy atom. The molecule has 0 radical (unpaired) electrons. The molecule has 1 aliphatic heterocycles. The summed E-state index contributed by atoms with van der Waals surface area (Å²) in [6.07, 6.45) is -0.899. The van der Waals surface area contributed by atoms with Gasteiger partial charge < -0.3 is 18.9 Å². The summed E-state index contributed by atoms with van der Waals surface area (Å²) in [5.74, 6) is -2.18. The standard InChI is InChI=1S/C19H25F3O6/c1-16(2,19(20,21)22)15(24)25-10-14(23)28-17-7-11-5-12(8-17)18(13(6-11)9-17)26-3-4-27-18/h11-13H,3-10H2,1-2H3. The summed E-state index contributed by atoms with van der Waals surface area (Å²) < 4.78 is 61.0. The van der Waals surface area contributed by atoms with Gasteiger partial charge in [0.2, 0.25) is 0 Å². The van der Waals surface area contributed by atoms with Crippen LogP contribution in [0.25, 0.3) is 0 Å². The van der Waals surface area contributed by atoms with Gasteiger partial charge in [0.1, 0.15) is 5.60 Å². The van der Waals surface area contributed by atoms with Crippen molar-refractivity contribution < 1.29 is 41.7 Å². The Kier molecular flexibility index (Phi) is 4.50. The summed E-state index contributed by atoms with van der Waals surface area (Å²) in [5, 5.41) is 0. The molecule has 2 atom stereocenters. The highest BCUT2D eigenvalue weighted by atomic mass is 19.4. The molecule has 6 nitrogen and oxygen atoms in total. The Bertz CT molecular complexity index is 649. The van der Waals surface area contributed by atoms with Crippen LogP contribution in [-0.2, 0) is 28.5 Å². The Balaban J connectivity index is 1.38. The zero-order valence-electron chi connectivity index (χ0n) is 16.0. The van der Waals surface area contributed by atoms with Crippen molar-refractivity contribution in [1.82, 2.24) is 0 Å². The number of alkyl halides is 3. The highest BCUT2D eigenvalue weighted by Gasteiger charge is 2.66. The second kappa shape index (κ2) is 6.32. The Morgan fingerprint density at radius 1 is 1.04 bits per heavy atom. The molecule has 0 aromatic heterocycles. The first kappa shape index (κ1) is 19.9. The lowest BCUT2D eigenvalue weighted by molar-refractivity contribution is -0.315. The minimum atomic E-state index is -4.76. The van der Waals surface area contributed by atoms with Gasteiger partial charge >= 0.3 is 18.1 Å².